The molecule has 1 saturated carbocycles. The normalized spacial score (nSPS) is 20.3. The highest BCUT2D eigenvalue weighted by Gasteiger charge is 2.30. The van der Waals surface area contributed by atoms with Gasteiger partial charge in [-0.25, -0.2) is 9.97 Å². The topological polar surface area (TPSA) is 109 Å². The van der Waals surface area contributed by atoms with Gasteiger partial charge in [0.1, 0.15) is 11.2 Å². The number of hydrogen-bond donors (Lipinski definition) is 3. The summed E-state index contributed by atoms with van der Waals surface area (Å²) in [5.74, 6) is -0.177. The van der Waals surface area contributed by atoms with Crippen molar-refractivity contribution in [3.8, 4) is 0 Å². The average Bonchev–Trinajstić information content (AvgIpc) is 3.03. The third kappa shape index (κ3) is 3.86. The number of hydrogen-bond acceptors (Lipinski definition) is 5. The highest BCUT2D eigenvalue weighted by molar-refractivity contribution is 6.07. The first-order valence-corrected chi connectivity index (χ1v) is 9.32. The minimum atomic E-state index is -0.177. The Labute approximate surface area is 159 Å². The van der Waals surface area contributed by atoms with Crippen LogP contribution in [0.1, 0.15) is 63.0 Å². The summed E-state index contributed by atoms with van der Waals surface area (Å²) < 4.78 is 0. The Balaban J connectivity index is 2.07. The summed E-state index contributed by atoms with van der Waals surface area (Å²) in [4.78, 5) is 29.0. The highest BCUT2D eigenvalue weighted by atomic mass is 16.1. The molecule has 3 rings (SSSR count). The molecule has 0 bridgehead atoms. The number of carbonyl (C=O) groups is 1. The second-order valence-electron chi connectivity index (χ2n) is 8.19. The lowest BCUT2D eigenvalue weighted by Gasteiger charge is -2.33. The summed E-state index contributed by atoms with van der Waals surface area (Å²) >= 11 is 0. The minimum absolute atomic E-state index is 0.0403. The number of carbonyl (C=O) groups excluding carboxylic acids is 1. The third-order valence-electron chi connectivity index (χ3n) is 4.96. The van der Waals surface area contributed by atoms with Crippen molar-refractivity contribution in [3.05, 3.63) is 29.2 Å². The molecule has 4 N–H and O–H groups in total. The number of aliphatic imine (C=N–C) groups is 1. The molecule has 1 aliphatic carbocycles. The van der Waals surface area contributed by atoms with E-state index < -0.39 is 0 Å². The quantitative estimate of drug-likeness (QED) is 0.773. The number of rotatable bonds is 3. The van der Waals surface area contributed by atoms with Crippen molar-refractivity contribution in [1.29, 1.82) is 0 Å². The molecular weight excluding hydrogens is 340 g/mol. The Morgan fingerprint density at radius 3 is 2.81 bits per heavy atom. The molecule has 0 aliphatic heterocycles. The van der Waals surface area contributed by atoms with E-state index in [1.54, 1.807) is 19.4 Å². The maximum atomic E-state index is 12.4. The molecule has 0 spiro atoms. The van der Waals surface area contributed by atoms with Crippen molar-refractivity contribution in [2.75, 3.05) is 7.05 Å². The number of H-pyrrole nitrogens is 1. The first kappa shape index (κ1) is 19.1. The van der Waals surface area contributed by atoms with Crippen LogP contribution in [-0.2, 0) is 0 Å². The molecule has 1 aliphatic rings. The van der Waals surface area contributed by atoms with Crippen molar-refractivity contribution < 1.29 is 4.79 Å². The van der Waals surface area contributed by atoms with E-state index in [-0.39, 0.29) is 17.4 Å². The standard InChI is InChI=1S/C20H28N6O/c1-11(2)25-19(27)13-9-23-18-17(13)26-15(10-24-18)16(21)12-8-20(3,4)7-6-14(12)22-5/h9-11H,6-8,21H2,1-5H3,(H,23,24)(H,25,27). The van der Waals surface area contributed by atoms with Gasteiger partial charge in [-0.2, -0.15) is 0 Å². The molecule has 27 heavy (non-hydrogen) atoms. The van der Waals surface area contributed by atoms with E-state index in [4.69, 9.17) is 5.73 Å². The molecule has 7 heteroatoms. The van der Waals surface area contributed by atoms with E-state index in [1.807, 2.05) is 13.8 Å². The third-order valence-corrected chi connectivity index (χ3v) is 4.96. The zero-order chi connectivity index (χ0) is 19.8. The summed E-state index contributed by atoms with van der Waals surface area (Å²) in [6, 6.07) is 0.0403. The van der Waals surface area contributed by atoms with Crippen LogP contribution in [0, 0.1) is 5.41 Å². The predicted molar refractivity (Wildman–Crippen MR) is 109 cm³/mol. The van der Waals surface area contributed by atoms with E-state index in [0.29, 0.717) is 28.1 Å². The fraction of sp³-hybridized carbons (Fsp3) is 0.500. The SMILES string of the molecule is CN=C1CCC(C)(C)CC1=C(N)c1cnc2[nH]cc(C(=O)NC(C)C)c2n1. The van der Waals surface area contributed by atoms with Crippen LogP contribution < -0.4 is 11.1 Å². The summed E-state index contributed by atoms with van der Waals surface area (Å²) in [5.41, 5.74) is 11.5. The number of nitrogens with zero attached hydrogens (tertiary/aromatic N) is 3. The lowest BCUT2D eigenvalue weighted by molar-refractivity contribution is 0.0944. The number of amides is 1. The Kier molecular flexibility index (Phi) is 5.04. The van der Waals surface area contributed by atoms with Gasteiger partial charge in [0, 0.05) is 25.0 Å². The average molecular weight is 368 g/mol. The van der Waals surface area contributed by atoms with E-state index in [9.17, 15) is 4.79 Å². The van der Waals surface area contributed by atoms with E-state index in [2.05, 4.69) is 39.1 Å². The first-order chi connectivity index (χ1) is 12.7. The molecule has 1 amide bonds. The fourth-order valence-electron chi connectivity index (χ4n) is 3.46. The van der Waals surface area contributed by atoms with Crippen LogP contribution in [0.15, 0.2) is 23.0 Å². The molecule has 0 aromatic carbocycles. The van der Waals surface area contributed by atoms with Crippen LogP contribution in [0.3, 0.4) is 0 Å². The van der Waals surface area contributed by atoms with Crippen LogP contribution >= 0.6 is 0 Å². The minimum Gasteiger partial charge on any atom is -0.397 e. The van der Waals surface area contributed by atoms with E-state index >= 15 is 0 Å². The van der Waals surface area contributed by atoms with Gasteiger partial charge in [0.2, 0.25) is 0 Å². The largest absolute Gasteiger partial charge is 0.397 e. The Bertz CT molecular complexity index is 935. The van der Waals surface area contributed by atoms with Gasteiger partial charge in [0.05, 0.1) is 17.5 Å². The molecule has 2 aromatic heterocycles. The molecule has 1 fully saturated rings. The van der Waals surface area contributed by atoms with E-state index in [1.165, 1.54) is 0 Å². The predicted octanol–water partition coefficient (Wildman–Crippen LogP) is 3.05. The number of allylic oxidation sites excluding steroid dienone is 1. The van der Waals surface area contributed by atoms with Gasteiger partial charge in [-0.15, -0.1) is 0 Å². The van der Waals surface area contributed by atoms with Crippen LogP contribution in [0.5, 0.6) is 0 Å². The van der Waals surface area contributed by atoms with Gasteiger partial charge in [-0.05, 0) is 44.1 Å². The molecule has 144 valence electrons. The van der Waals surface area contributed by atoms with Crippen molar-refractivity contribution in [2.24, 2.45) is 16.1 Å². The molecule has 0 unspecified atom stereocenters. The molecule has 0 radical (unpaired) electrons. The molecule has 2 aromatic rings. The lowest BCUT2D eigenvalue weighted by Crippen LogP contribution is -2.30. The fourth-order valence-corrected chi connectivity index (χ4v) is 3.46. The molecule has 0 saturated heterocycles. The van der Waals surface area contributed by atoms with Gasteiger partial charge >= 0.3 is 0 Å². The zero-order valence-electron chi connectivity index (χ0n) is 16.7. The van der Waals surface area contributed by atoms with Gasteiger partial charge < -0.3 is 16.0 Å². The second-order valence-corrected chi connectivity index (χ2v) is 8.19. The van der Waals surface area contributed by atoms with Crippen molar-refractivity contribution >= 4 is 28.5 Å². The van der Waals surface area contributed by atoms with Gasteiger partial charge in [-0.1, -0.05) is 13.8 Å². The van der Waals surface area contributed by atoms with Gasteiger partial charge in [0.25, 0.3) is 5.91 Å². The first-order valence-electron chi connectivity index (χ1n) is 9.32. The lowest BCUT2D eigenvalue weighted by atomic mass is 9.73. The van der Waals surface area contributed by atoms with Crippen molar-refractivity contribution in [1.82, 2.24) is 20.3 Å². The van der Waals surface area contributed by atoms with Crippen LogP contribution in [-0.4, -0.2) is 39.7 Å². The summed E-state index contributed by atoms with van der Waals surface area (Å²) in [5, 5.41) is 2.89. The van der Waals surface area contributed by atoms with Gasteiger partial charge in [-0.3, -0.25) is 9.79 Å². The number of aromatic nitrogens is 3. The maximum absolute atomic E-state index is 12.4. The van der Waals surface area contributed by atoms with Crippen LogP contribution in [0.2, 0.25) is 0 Å². The van der Waals surface area contributed by atoms with Crippen LogP contribution in [0.25, 0.3) is 16.9 Å². The van der Waals surface area contributed by atoms with Crippen LogP contribution in [0.4, 0.5) is 0 Å². The summed E-state index contributed by atoms with van der Waals surface area (Å²) in [6.45, 7) is 8.32. The zero-order valence-corrected chi connectivity index (χ0v) is 16.7. The maximum Gasteiger partial charge on any atom is 0.255 e. The van der Waals surface area contributed by atoms with Crippen molar-refractivity contribution in [3.63, 3.8) is 0 Å². The summed E-state index contributed by atoms with van der Waals surface area (Å²) in [6.07, 6.45) is 6.12. The van der Waals surface area contributed by atoms with Gasteiger partial charge in [0.15, 0.2) is 5.65 Å². The molecule has 2 heterocycles. The second kappa shape index (κ2) is 7.13. The van der Waals surface area contributed by atoms with Crippen molar-refractivity contribution in [2.45, 2.75) is 53.0 Å². The highest BCUT2D eigenvalue weighted by Crippen LogP contribution is 2.38. The Hall–Kier alpha value is -2.70. The van der Waals surface area contributed by atoms with E-state index in [0.717, 1.165) is 30.5 Å². The molecule has 0 atom stereocenters. The monoisotopic (exact) mass is 368 g/mol. The Morgan fingerprint density at radius 2 is 2.15 bits per heavy atom. The number of nitrogens with one attached hydrogen (secondary N) is 2. The molecular formula is C20H28N6O. The number of aromatic amines is 1. The number of nitrogens with two attached hydrogens (primary N) is 1. The number of fused-ring (bicyclic) bond motifs is 1. The Morgan fingerprint density at radius 1 is 1.41 bits per heavy atom. The summed E-state index contributed by atoms with van der Waals surface area (Å²) in [7, 11) is 1.80. The smallest absolute Gasteiger partial charge is 0.255 e. The molecule has 7 nitrogen and oxygen atoms in total.